The molecule has 0 aliphatic heterocycles. The van der Waals surface area contributed by atoms with Gasteiger partial charge in [-0.05, 0) is 50.2 Å². The number of hydrogen-bond acceptors (Lipinski definition) is 3. The van der Waals surface area contributed by atoms with E-state index < -0.39 is 0 Å². The Hall–Kier alpha value is -1.16. The van der Waals surface area contributed by atoms with Gasteiger partial charge in [-0.3, -0.25) is 0 Å². The van der Waals surface area contributed by atoms with Crippen LogP contribution >= 0.6 is 12.2 Å². The summed E-state index contributed by atoms with van der Waals surface area (Å²) in [6.45, 7) is 6.63. The van der Waals surface area contributed by atoms with Crippen molar-refractivity contribution in [3.8, 4) is 0 Å². The summed E-state index contributed by atoms with van der Waals surface area (Å²) >= 11 is 5.10. The number of aromatic nitrogens is 1. The van der Waals surface area contributed by atoms with E-state index in [1.165, 1.54) is 19.3 Å². The van der Waals surface area contributed by atoms with E-state index in [1.54, 1.807) is 0 Å². The molecule has 1 aliphatic rings. The Balaban J connectivity index is 2.18. The van der Waals surface area contributed by atoms with Crippen molar-refractivity contribution in [3.63, 3.8) is 0 Å². The van der Waals surface area contributed by atoms with Crippen molar-refractivity contribution in [3.05, 3.63) is 23.4 Å². The number of nitrogens with two attached hydrogens (primary N) is 1. The van der Waals surface area contributed by atoms with Gasteiger partial charge in [0.25, 0.3) is 0 Å². The van der Waals surface area contributed by atoms with Gasteiger partial charge in [0.15, 0.2) is 0 Å². The van der Waals surface area contributed by atoms with Crippen LogP contribution in [0, 0.1) is 18.8 Å². The zero-order valence-corrected chi connectivity index (χ0v) is 12.8. The molecule has 0 spiro atoms. The lowest BCUT2D eigenvalue weighted by atomic mass is 9.80. The third-order valence-electron chi connectivity index (χ3n) is 3.82. The molecule has 3 nitrogen and oxygen atoms in total. The minimum atomic E-state index is 0.409. The molecule has 0 bridgehead atoms. The summed E-state index contributed by atoms with van der Waals surface area (Å²) < 4.78 is 0. The molecule has 0 amide bonds. The number of thiocarbonyl (C=S) groups is 1. The van der Waals surface area contributed by atoms with Crippen LogP contribution in [0.2, 0.25) is 0 Å². The second kappa shape index (κ2) is 5.87. The highest BCUT2D eigenvalue weighted by Gasteiger charge is 2.24. The molecule has 0 saturated heterocycles. The molecule has 1 fully saturated rings. The maximum Gasteiger partial charge on any atom is 0.136 e. The van der Waals surface area contributed by atoms with Gasteiger partial charge in [0, 0.05) is 11.7 Å². The first-order valence-electron chi connectivity index (χ1n) is 6.99. The molecule has 2 unspecified atom stereocenters. The molecule has 1 heterocycles. The van der Waals surface area contributed by atoms with Crippen LogP contribution in [0.4, 0.5) is 5.82 Å². The minimum absolute atomic E-state index is 0.409. The Morgan fingerprint density at radius 2 is 1.89 bits per heavy atom. The predicted octanol–water partition coefficient (Wildman–Crippen LogP) is 3.26. The molecule has 1 aromatic rings. The molecule has 3 N–H and O–H groups in total. The summed E-state index contributed by atoms with van der Waals surface area (Å²) in [5.74, 6) is 2.37. The normalized spacial score (nSPS) is 27.0. The van der Waals surface area contributed by atoms with Gasteiger partial charge in [-0.2, -0.15) is 0 Å². The smallest absolute Gasteiger partial charge is 0.136 e. The molecule has 0 radical (unpaired) electrons. The fourth-order valence-corrected chi connectivity index (χ4v) is 3.29. The number of anilines is 1. The van der Waals surface area contributed by atoms with E-state index >= 15 is 0 Å². The van der Waals surface area contributed by atoms with Crippen LogP contribution in [-0.4, -0.2) is 16.0 Å². The quantitative estimate of drug-likeness (QED) is 0.833. The SMILES string of the molecule is Cc1ccc(C(N)=S)c(NC2CC(C)CC(C)C2)n1. The summed E-state index contributed by atoms with van der Waals surface area (Å²) in [6.07, 6.45) is 3.70. The van der Waals surface area contributed by atoms with Crippen LogP contribution in [0.15, 0.2) is 12.1 Å². The van der Waals surface area contributed by atoms with Crippen molar-refractivity contribution in [1.29, 1.82) is 0 Å². The molecule has 4 heteroatoms. The van der Waals surface area contributed by atoms with Crippen LogP contribution in [0.25, 0.3) is 0 Å². The van der Waals surface area contributed by atoms with Gasteiger partial charge >= 0.3 is 0 Å². The molecule has 1 saturated carbocycles. The number of pyridine rings is 1. The molecule has 1 aliphatic carbocycles. The van der Waals surface area contributed by atoms with Gasteiger partial charge in [-0.15, -0.1) is 0 Å². The number of hydrogen-bond donors (Lipinski definition) is 2. The molecule has 2 atom stereocenters. The number of nitrogens with zero attached hydrogens (tertiary/aromatic N) is 1. The molecule has 104 valence electrons. The summed E-state index contributed by atoms with van der Waals surface area (Å²) in [4.78, 5) is 4.97. The lowest BCUT2D eigenvalue weighted by molar-refractivity contribution is 0.280. The van der Waals surface area contributed by atoms with Crippen LogP contribution in [-0.2, 0) is 0 Å². The largest absolute Gasteiger partial charge is 0.389 e. The average Bonchev–Trinajstić information content (AvgIpc) is 2.26. The summed E-state index contributed by atoms with van der Waals surface area (Å²) in [5, 5.41) is 3.55. The van der Waals surface area contributed by atoms with Crippen molar-refractivity contribution >= 4 is 23.0 Å². The molecular formula is C15H23N3S. The minimum Gasteiger partial charge on any atom is -0.389 e. The van der Waals surface area contributed by atoms with E-state index in [0.717, 1.165) is 28.9 Å². The second-order valence-corrected chi connectivity index (χ2v) is 6.41. The Morgan fingerprint density at radius 1 is 1.26 bits per heavy atom. The lowest BCUT2D eigenvalue weighted by Crippen LogP contribution is -2.31. The highest BCUT2D eigenvalue weighted by atomic mass is 32.1. The molecule has 1 aromatic heterocycles. The van der Waals surface area contributed by atoms with E-state index in [-0.39, 0.29) is 0 Å². The second-order valence-electron chi connectivity index (χ2n) is 5.97. The van der Waals surface area contributed by atoms with Crippen LogP contribution in [0.5, 0.6) is 0 Å². The maximum absolute atomic E-state index is 5.78. The van der Waals surface area contributed by atoms with Gasteiger partial charge in [0.05, 0.1) is 5.56 Å². The lowest BCUT2D eigenvalue weighted by Gasteiger charge is -2.32. The van der Waals surface area contributed by atoms with Crippen molar-refractivity contribution in [1.82, 2.24) is 4.98 Å². The fraction of sp³-hybridized carbons (Fsp3) is 0.600. The zero-order chi connectivity index (χ0) is 14.0. The summed E-state index contributed by atoms with van der Waals surface area (Å²) in [5.41, 5.74) is 7.61. The van der Waals surface area contributed by atoms with Gasteiger partial charge < -0.3 is 11.1 Å². The van der Waals surface area contributed by atoms with E-state index in [2.05, 4.69) is 24.1 Å². The van der Waals surface area contributed by atoms with E-state index in [9.17, 15) is 0 Å². The third-order valence-corrected chi connectivity index (χ3v) is 4.04. The summed E-state index contributed by atoms with van der Waals surface area (Å²) in [7, 11) is 0. The third kappa shape index (κ3) is 3.66. The Bertz CT molecular complexity index is 462. The summed E-state index contributed by atoms with van der Waals surface area (Å²) in [6, 6.07) is 4.38. The number of aryl methyl sites for hydroxylation is 1. The first-order valence-corrected chi connectivity index (χ1v) is 7.40. The highest BCUT2D eigenvalue weighted by molar-refractivity contribution is 7.80. The Labute approximate surface area is 121 Å². The molecular weight excluding hydrogens is 254 g/mol. The van der Waals surface area contributed by atoms with Gasteiger partial charge in [0.2, 0.25) is 0 Å². The van der Waals surface area contributed by atoms with E-state index in [0.29, 0.717) is 11.0 Å². The van der Waals surface area contributed by atoms with Crippen molar-refractivity contribution in [2.75, 3.05) is 5.32 Å². The van der Waals surface area contributed by atoms with Gasteiger partial charge in [-0.25, -0.2) is 4.98 Å². The maximum atomic E-state index is 5.78. The number of rotatable bonds is 3. The fourth-order valence-electron chi connectivity index (χ4n) is 3.12. The molecule has 19 heavy (non-hydrogen) atoms. The van der Waals surface area contributed by atoms with Crippen molar-refractivity contribution in [2.45, 2.75) is 46.1 Å². The monoisotopic (exact) mass is 277 g/mol. The molecule has 0 aromatic carbocycles. The molecule has 2 rings (SSSR count). The van der Waals surface area contributed by atoms with E-state index in [1.807, 2.05) is 19.1 Å². The first-order chi connectivity index (χ1) is 8.95. The van der Waals surface area contributed by atoms with Crippen LogP contribution in [0.1, 0.15) is 44.4 Å². The zero-order valence-electron chi connectivity index (χ0n) is 11.9. The first kappa shape index (κ1) is 14.3. The standard InChI is InChI=1S/C15H23N3S/c1-9-6-10(2)8-12(7-9)18-15-13(14(16)19)5-4-11(3)17-15/h4-5,9-10,12H,6-8H2,1-3H3,(H2,16,19)(H,17,18). The highest BCUT2D eigenvalue weighted by Crippen LogP contribution is 2.30. The predicted molar refractivity (Wildman–Crippen MR) is 84.5 cm³/mol. The Kier molecular flexibility index (Phi) is 4.40. The Morgan fingerprint density at radius 3 is 2.47 bits per heavy atom. The average molecular weight is 277 g/mol. The topological polar surface area (TPSA) is 50.9 Å². The van der Waals surface area contributed by atoms with Crippen LogP contribution < -0.4 is 11.1 Å². The van der Waals surface area contributed by atoms with Crippen LogP contribution in [0.3, 0.4) is 0 Å². The van der Waals surface area contributed by atoms with Gasteiger partial charge in [0.1, 0.15) is 10.8 Å². The van der Waals surface area contributed by atoms with Crippen molar-refractivity contribution < 1.29 is 0 Å². The van der Waals surface area contributed by atoms with Crippen molar-refractivity contribution in [2.24, 2.45) is 17.6 Å². The van der Waals surface area contributed by atoms with Gasteiger partial charge in [-0.1, -0.05) is 26.1 Å². The van der Waals surface area contributed by atoms with E-state index in [4.69, 9.17) is 18.0 Å². The number of nitrogens with one attached hydrogen (secondary N) is 1.